The Kier molecular flexibility index (Phi) is 7.91. The van der Waals surface area contributed by atoms with Gasteiger partial charge in [-0.1, -0.05) is 38.5 Å². The van der Waals surface area contributed by atoms with E-state index in [1.54, 1.807) is 0 Å². The predicted octanol–water partition coefficient (Wildman–Crippen LogP) is 3.64. The number of unbranched alkanes of at least 4 members (excludes halogenated alkanes) is 1. The Hall–Kier alpha value is -1.35. The SMILES string of the molecule is CCCCN(CC)CC(C)/N=C/Nc1ccccc1. The molecule has 1 aromatic carbocycles. The molecule has 1 rings (SSSR count). The van der Waals surface area contributed by atoms with E-state index in [9.17, 15) is 0 Å². The molecule has 1 atom stereocenters. The van der Waals surface area contributed by atoms with Crippen molar-refractivity contribution in [3.63, 3.8) is 0 Å². The van der Waals surface area contributed by atoms with E-state index >= 15 is 0 Å². The third-order valence-electron chi connectivity index (χ3n) is 3.13. The second-order valence-electron chi connectivity index (χ2n) is 4.88. The number of hydrogen-bond donors (Lipinski definition) is 1. The summed E-state index contributed by atoms with van der Waals surface area (Å²) in [4.78, 5) is 7.00. The molecule has 0 saturated heterocycles. The number of likely N-dealkylation sites (N-methyl/N-ethyl adjacent to an activating group) is 1. The summed E-state index contributed by atoms with van der Waals surface area (Å²) >= 11 is 0. The zero-order chi connectivity index (χ0) is 13.9. The molecule has 1 N–H and O–H groups in total. The summed E-state index contributed by atoms with van der Waals surface area (Å²) in [7, 11) is 0. The topological polar surface area (TPSA) is 27.6 Å². The van der Waals surface area contributed by atoms with Crippen molar-refractivity contribution in [2.24, 2.45) is 4.99 Å². The summed E-state index contributed by atoms with van der Waals surface area (Å²) in [6, 6.07) is 10.4. The van der Waals surface area contributed by atoms with Crippen LogP contribution in [-0.4, -0.2) is 36.9 Å². The zero-order valence-corrected chi connectivity index (χ0v) is 12.5. The van der Waals surface area contributed by atoms with Crippen LogP contribution in [0.2, 0.25) is 0 Å². The predicted molar refractivity (Wildman–Crippen MR) is 85.0 cm³/mol. The zero-order valence-electron chi connectivity index (χ0n) is 12.5. The maximum absolute atomic E-state index is 4.54. The van der Waals surface area contributed by atoms with Gasteiger partial charge in [0.1, 0.15) is 0 Å². The number of aliphatic imine (C=N–C) groups is 1. The molecule has 3 heteroatoms. The highest BCUT2D eigenvalue weighted by Crippen LogP contribution is 2.03. The first-order valence-electron chi connectivity index (χ1n) is 7.31. The minimum absolute atomic E-state index is 0.327. The molecule has 0 spiro atoms. The third-order valence-corrected chi connectivity index (χ3v) is 3.13. The monoisotopic (exact) mass is 261 g/mol. The van der Waals surface area contributed by atoms with Crippen LogP contribution in [0.1, 0.15) is 33.6 Å². The van der Waals surface area contributed by atoms with Crippen LogP contribution in [0.4, 0.5) is 5.69 Å². The van der Waals surface area contributed by atoms with Gasteiger partial charge in [0.2, 0.25) is 0 Å². The van der Waals surface area contributed by atoms with Crippen LogP contribution in [0.25, 0.3) is 0 Å². The standard InChI is InChI=1S/C16H27N3/c1-4-6-12-19(5-2)13-15(3)17-14-18-16-10-8-7-9-11-16/h7-11,14-15H,4-6,12-13H2,1-3H3,(H,17,18). The van der Waals surface area contributed by atoms with Gasteiger partial charge in [0.05, 0.1) is 12.4 Å². The van der Waals surface area contributed by atoms with E-state index in [2.05, 4.69) is 36.0 Å². The fourth-order valence-electron chi connectivity index (χ4n) is 1.95. The summed E-state index contributed by atoms with van der Waals surface area (Å²) in [6.45, 7) is 9.93. The first-order valence-corrected chi connectivity index (χ1v) is 7.31. The van der Waals surface area contributed by atoms with Gasteiger partial charge in [0.25, 0.3) is 0 Å². The van der Waals surface area contributed by atoms with Crippen molar-refractivity contribution in [2.45, 2.75) is 39.7 Å². The fraction of sp³-hybridized carbons (Fsp3) is 0.562. The van der Waals surface area contributed by atoms with Gasteiger partial charge >= 0.3 is 0 Å². The molecule has 106 valence electrons. The van der Waals surface area contributed by atoms with E-state index in [0.29, 0.717) is 6.04 Å². The first-order chi connectivity index (χ1) is 9.26. The van der Waals surface area contributed by atoms with Gasteiger partial charge in [-0.05, 0) is 38.6 Å². The van der Waals surface area contributed by atoms with Crippen molar-refractivity contribution in [3.05, 3.63) is 30.3 Å². The summed E-state index contributed by atoms with van der Waals surface area (Å²) in [5.41, 5.74) is 1.08. The Balaban J connectivity index is 2.31. The molecule has 0 bridgehead atoms. The Bertz CT molecular complexity index is 348. The number of benzene rings is 1. The maximum atomic E-state index is 4.54. The largest absolute Gasteiger partial charge is 0.347 e. The molecule has 0 aliphatic carbocycles. The van der Waals surface area contributed by atoms with Crippen LogP contribution < -0.4 is 5.32 Å². The molecule has 0 aliphatic rings. The molecule has 0 saturated carbocycles. The molecule has 3 nitrogen and oxygen atoms in total. The quantitative estimate of drug-likeness (QED) is 0.543. The Morgan fingerprint density at radius 1 is 1.26 bits per heavy atom. The Morgan fingerprint density at radius 3 is 2.63 bits per heavy atom. The van der Waals surface area contributed by atoms with E-state index in [-0.39, 0.29) is 0 Å². The summed E-state index contributed by atoms with van der Waals surface area (Å²) in [5.74, 6) is 0. The van der Waals surface area contributed by atoms with E-state index in [0.717, 1.165) is 18.8 Å². The minimum Gasteiger partial charge on any atom is -0.347 e. The number of hydrogen-bond acceptors (Lipinski definition) is 2. The van der Waals surface area contributed by atoms with Gasteiger partial charge in [0, 0.05) is 12.2 Å². The number of nitrogens with zero attached hydrogens (tertiary/aromatic N) is 2. The second kappa shape index (κ2) is 9.56. The van der Waals surface area contributed by atoms with Crippen molar-refractivity contribution < 1.29 is 0 Å². The van der Waals surface area contributed by atoms with Crippen molar-refractivity contribution >= 4 is 12.0 Å². The lowest BCUT2D eigenvalue weighted by Gasteiger charge is -2.22. The Labute approximate surface area is 117 Å². The van der Waals surface area contributed by atoms with Crippen LogP contribution >= 0.6 is 0 Å². The normalized spacial score (nSPS) is 13.1. The van der Waals surface area contributed by atoms with Crippen molar-refractivity contribution in [1.29, 1.82) is 0 Å². The van der Waals surface area contributed by atoms with E-state index < -0.39 is 0 Å². The average Bonchev–Trinajstić information content (AvgIpc) is 2.44. The van der Waals surface area contributed by atoms with Crippen LogP contribution in [0.3, 0.4) is 0 Å². The molecule has 19 heavy (non-hydrogen) atoms. The highest BCUT2D eigenvalue weighted by molar-refractivity contribution is 5.75. The van der Waals surface area contributed by atoms with Gasteiger partial charge in [0.15, 0.2) is 0 Å². The van der Waals surface area contributed by atoms with E-state index in [4.69, 9.17) is 0 Å². The first kappa shape index (κ1) is 15.7. The number of nitrogens with one attached hydrogen (secondary N) is 1. The van der Waals surface area contributed by atoms with Crippen LogP contribution in [-0.2, 0) is 0 Å². The van der Waals surface area contributed by atoms with Crippen molar-refractivity contribution in [2.75, 3.05) is 25.0 Å². The van der Waals surface area contributed by atoms with Crippen LogP contribution in [0.5, 0.6) is 0 Å². The second-order valence-corrected chi connectivity index (χ2v) is 4.88. The molecular weight excluding hydrogens is 234 g/mol. The molecule has 1 aromatic rings. The molecule has 0 radical (unpaired) electrons. The van der Waals surface area contributed by atoms with Crippen molar-refractivity contribution in [3.8, 4) is 0 Å². The molecule has 0 aliphatic heterocycles. The Morgan fingerprint density at radius 2 is 2.00 bits per heavy atom. The average molecular weight is 261 g/mol. The highest BCUT2D eigenvalue weighted by Gasteiger charge is 2.06. The molecular formula is C16H27N3. The maximum Gasteiger partial charge on any atom is 0.0871 e. The molecule has 0 aromatic heterocycles. The summed E-state index contributed by atoms with van der Waals surface area (Å²) in [5, 5.41) is 3.20. The van der Waals surface area contributed by atoms with Gasteiger partial charge in [-0.2, -0.15) is 0 Å². The van der Waals surface area contributed by atoms with Gasteiger partial charge in [-0.3, -0.25) is 4.99 Å². The van der Waals surface area contributed by atoms with Gasteiger partial charge in [-0.15, -0.1) is 0 Å². The fourth-order valence-corrected chi connectivity index (χ4v) is 1.95. The van der Waals surface area contributed by atoms with E-state index in [1.807, 2.05) is 36.7 Å². The number of para-hydroxylation sites is 1. The lowest BCUT2D eigenvalue weighted by atomic mass is 10.2. The molecule has 0 fully saturated rings. The smallest absolute Gasteiger partial charge is 0.0871 e. The molecule has 1 unspecified atom stereocenters. The lowest BCUT2D eigenvalue weighted by Crippen LogP contribution is -2.31. The molecule has 0 heterocycles. The van der Waals surface area contributed by atoms with E-state index in [1.165, 1.54) is 19.4 Å². The lowest BCUT2D eigenvalue weighted by molar-refractivity contribution is 0.271. The minimum atomic E-state index is 0.327. The number of rotatable bonds is 9. The van der Waals surface area contributed by atoms with Gasteiger partial charge in [-0.25, -0.2) is 0 Å². The number of anilines is 1. The van der Waals surface area contributed by atoms with Crippen LogP contribution in [0.15, 0.2) is 35.3 Å². The van der Waals surface area contributed by atoms with Crippen LogP contribution in [0, 0.1) is 0 Å². The third kappa shape index (κ3) is 6.97. The summed E-state index contributed by atoms with van der Waals surface area (Å²) < 4.78 is 0. The van der Waals surface area contributed by atoms with Gasteiger partial charge < -0.3 is 10.2 Å². The highest BCUT2D eigenvalue weighted by atomic mass is 15.1. The van der Waals surface area contributed by atoms with Crippen molar-refractivity contribution in [1.82, 2.24) is 4.90 Å². The summed E-state index contributed by atoms with van der Waals surface area (Å²) in [6.07, 6.45) is 4.34. The molecule has 0 amide bonds.